The fourth-order valence-corrected chi connectivity index (χ4v) is 5.18. The molecule has 5 rings (SSSR count). The molecule has 0 saturated carbocycles. The van der Waals surface area contributed by atoms with E-state index in [1.807, 2.05) is 77.0 Å². The molecule has 2 aliphatic heterocycles. The average molecular weight is 500 g/mol. The summed E-state index contributed by atoms with van der Waals surface area (Å²) in [6.45, 7) is 2.34. The number of benzene rings is 2. The quantitative estimate of drug-likeness (QED) is 0.426. The number of aliphatic imine (C=N–C) groups is 1. The lowest BCUT2D eigenvalue weighted by molar-refractivity contribution is -0.139. The van der Waals surface area contributed by atoms with E-state index in [1.165, 1.54) is 11.8 Å². The minimum Gasteiger partial charge on any atom is -0.467 e. The lowest BCUT2D eigenvalue weighted by Crippen LogP contribution is -2.38. The van der Waals surface area contributed by atoms with Crippen molar-refractivity contribution in [2.75, 3.05) is 6.61 Å². The number of amidine groups is 1. The van der Waals surface area contributed by atoms with Gasteiger partial charge in [0.05, 0.1) is 43.1 Å². The molecule has 36 heavy (non-hydrogen) atoms. The Labute approximate surface area is 213 Å². The Hall–Kier alpha value is -4.04. The van der Waals surface area contributed by atoms with Crippen molar-refractivity contribution in [2.45, 2.75) is 25.9 Å². The number of nitrogens with zero attached hydrogens (tertiary/aromatic N) is 2. The summed E-state index contributed by atoms with van der Waals surface area (Å²) >= 11 is 1.45. The van der Waals surface area contributed by atoms with Crippen LogP contribution in [0.15, 0.2) is 105 Å². The first kappa shape index (κ1) is 23.7. The van der Waals surface area contributed by atoms with Crippen LogP contribution >= 0.6 is 11.8 Å². The highest BCUT2D eigenvalue weighted by atomic mass is 32.2. The van der Waals surface area contributed by atoms with Gasteiger partial charge in [-0.25, -0.2) is 9.79 Å². The molecule has 1 unspecified atom stereocenters. The second-order valence-corrected chi connectivity index (χ2v) is 9.02. The summed E-state index contributed by atoms with van der Waals surface area (Å²) in [4.78, 5) is 33.1. The average Bonchev–Trinajstić information content (AvgIpc) is 3.58. The lowest BCUT2D eigenvalue weighted by atomic mass is 9.91. The monoisotopic (exact) mass is 499 g/mol. The van der Waals surface area contributed by atoms with E-state index < -0.39 is 12.0 Å². The molecule has 8 heteroatoms. The van der Waals surface area contributed by atoms with Crippen LogP contribution in [0.3, 0.4) is 0 Å². The highest BCUT2D eigenvalue weighted by Gasteiger charge is 2.42. The maximum atomic E-state index is 13.4. The molecular weight excluding hydrogens is 474 g/mol. The Balaban J connectivity index is 1.53. The third-order valence-corrected chi connectivity index (χ3v) is 6.74. The molecule has 1 amide bonds. The Morgan fingerprint density at radius 3 is 2.50 bits per heavy atom. The van der Waals surface area contributed by atoms with Crippen LogP contribution in [0.5, 0.6) is 0 Å². The standard InChI is InChI=1S/C28H25N3O4S/c1-2-34-27(33)24-25(19-10-5-3-6-11-19)30-28-31(26(24)20-12-7-4-8-13-20)21(18-36-28)16-23(32)29-17-22-14-9-15-35-22/h3-15,18,26H,2,16-17H2,1H3,(H,29,32). The number of carbonyl (C=O) groups is 2. The van der Waals surface area contributed by atoms with E-state index in [4.69, 9.17) is 14.1 Å². The van der Waals surface area contributed by atoms with Crippen molar-refractivity contribution in [1.82, 2.24) is 10.2 Å². The highest BCUT2D eigenvalue weighted by molar-refractivity contribution is 8.16. The highest BCUT2D eigenvalue weighted by Crippen LogP contribution is 2.46. The zero-order valence-electron chi connectivity index (χ0n) is 19.7. The first-order chi connectivity index (χ1) is 17.7. The minimum absolute atomic E-state index is 0.132. The SMILES string of the molecule is CCOC(=O)C1=C(c2ccccc2)N=C2SC=C(CC(=O)NCc3ccco3)N2C1c1ccccc1. The van der Waals surface area contributed by atoms with Crippen molar-refractivity contribution in [3.8, 4) is 0 Å². The topological polar surface area (TPSA) is 84.1 Å². The number of furan rings is 1. The van der Waals surface area contributed by atoms with Gasteiger partial charge in [0.1, 0.15) is 5.76 Å². The smallest absolute Gasteiger partial charge is 0.338 e. The number of hydrogen-bond donors (Lipinski definition) is 1. The molecule has 1 aromatic heterocycles. The van der Waals surface area contributed by atoms with E-state index in [2.05, 4.69) is 5.32 Å². The first-order valence-corrected chi connectivity index (χ1v) is 12.6. The molecule has 3 heterocycles. The van der Waals surface area contributed by atoms with Crippen molar-refractivity contribution in [3.05, 3.63) is 113 Å². The molecule has 3 aromatic rings. The van der Waals surface area contributed by atoms with E-state index in [0.717, 1.165) is 16.8 Å². The van der Waals surface area contributed by atoms with Gasteiger partial charge in [-0.3, -0.25) is 4.79 Å². The summed E-state index contributed by atoms with van der Waals surface area (Å²) in [5.74, 6) is 0.105. The van der Waals surface area contributed by atoms with Gasteiger partial charge in [-0.2, -0.15) is 0 Å². The molecular formula is C28H25N3O4S. The van der Waals surface area contributed by atoms with E-state index in [-0.39, 0.29) is 18.9 Å². The van der Waals surface area contributed by atoms with Gasteiger partial charge in [0.25, 0.3) is 0 Å². The molecule has 2 aromatic carbocycles. The Morgan fingerprint density at radius 2 is 1.81 bits per heavy atom. The predicted molar refractivity (Wildman–Crippen MR) is 139 cm³/mol. The van der Waals surface area contributed by atoms with Gasteiger partial charge in [0.15, 0.2) is 5.17 Å². The summed E-state index contributed by atoms with van der Waals surface area (Å²) in [5.41, 5.74) is 3.53. The van der Waals surface area contributed by atoms with Crippen molar-refractivity contribution < 1.29 is 18.7 Å². The third kappa shape index (κ3) is 4.85. The Bertz CT molecular complexity index is 1330. The van der Waals surface area contributed by atoms with Crippen LogP contribution in [0.4, 0.5) is 0 Å². The summed E-state index contributed by atoms with van der Waals surface area (Å²) in [6, 6.07) is 22.5. The molecule has 1 N–H and O–H groups in total. The van der Waals surface area contributed by atoms with Gasteiger partial charge in [-0.05, 0) is 30.0 Å². The maximum absolute atomic E-state index is 13.4. The van der Waals surface area contributed by atoms with Crippen LogP contribution in [0, 0.1) is 0 Å². The summed E-state index contributed by atoms with van der Waals surface area (Å²) < 4.78 is 10.8. The predicted octanol–water partition coefficient (Wildman–Crippen LogP) is 5.26. The molecule has 0 spiro atoms. The second-order valence-electron chi connectivity index (χ2n) is 8.19. The van der Waals surface area contributed by atoms with Gasteiger partial charge >= 0.3 is 5.97 Å². The lowest BCUT2D eigenvalue weighted by Gasteiger charge is -2.36. The first-order valence-electron chi connectivity index (χ1n) is 11.7. The van der Waals surface area contributed by atoms with E-state index in [9.17, 15) is 9.59 Å². The van der Waals surface area contributed by atoms with Crippen LogP contribution in [0.2, 0.25) is 0 Å². The molecule has 0 bridgehead atoms. The number of esters is 1. The van der Waals surface area contributed by atoms with Gasteiger partial charge < -0.3 is 19.4 Å². The van der Waals surface area contributed by atoms with Gasteiger partial charge in [0, 0.05) is 11.3 Å². The van der Waals surface area contributed by atoms with Crippen LogP contribution in [-0.4, -0.2) is 28.6 Å². The number of rotatable bonds is 8. The fraction of sp³-hybridized carbons (Fsp3) is 0.179. The zero-order chi connectivity index (χ0) is 24.9. The van der Waals surface area contributed by atoms with Crippen molar-refractivity contribution in [1.29, 1.82) is 0 Å². The van der Waals surface area contributed by atoms with Gasteiger partial charge in [-0.15, -0.1) is 0 Å². The molecule has 1 atom stereocenters. The number of thioether (sulfide) groups is 1. The maximum Gasteiger partial charge on any atom is 0.338 e. The fourth-order valence-electron chi connectivity index (χ4n) is 4.27. The molecule has 0 radical (unpaired) electrons. The molecule has 0 saturated heterocycles. The van der Waals surface area contributed by atoms with E-state index in [1.54, 1.807) is 19.3 Å². The van der Waals surface area contributed by atoms with Gasteiger partial charge in [0.2, 0.25) is 5.91 Å². The van der Waals surface area contributed by atoms with Crippen LogP contribution < -0.4 is 5.32 Å². The van der Waals surface area contributed by atoms with Crippen LogP contribution in [0.1, 0.15) is 36.3 Å². The number of hydrogen-bond acceptors (Lipinski definition) is 7. The Morgan fingerprint density at radius 1 is 1.06 bits per heavy atom. The molecule has 7 nitrogen and oxygen atoms in total. The van der Waals surface area contributed by atoms with Crippen molar-refractivity contribution in [3.63, 3.8) is 0 Å². The summed E-state index contributed by atoms with van der Waals surface area (Å²) in [7, 11) is 0. The minimum atomic E-state index is -0.493. The normalized spacial score (nSPS) is 16.8. The summed E-state index contributed by atoms with van der Waals surface area (Å²) in [5, 5.41) is 5.54. The van der Waals surface area contributed by atoms with Crippen molar-refractivity contribution in [2.24, 2.45) is 4.99 Å². The largest absolute Gasteiger partial charge is 0.467 e. The third-order valence-electron chi connectivity index (χ3n) is 5.85. The van der Waals surface area contributed by atoms with Gasteiger partial charge in [-0.1, -0.05) is 72.4 Å². The van der Waals surface area contributed by atoms with Crippen LogP contribution in [-0.2, 0) is 20.9 Å². The molecule has 0 aliphatic carbocycles. The molecule has 2 aliphatic rings. The van der Waals surface area contributed by atoms with Crippen LogP contribution in [0.25, 0.3) is 5.70 Å². The number of carbonyl (C=O) groups excluding carboxylic acids is 2. The number of amides is 1. The molecule has 182 valence electrons. The van der Waals surface area contributed by atoms with Crippen molar-refractivity contribution >= 4 is 34.5 Å². The second kappa shape index (κ2) is 10.7. The number of ether oxygens (including phenoxy) is 1. The number of nitrogens with one attached hydrogen (secondary N) is 1. The van der Waals surface area contributed by atoms with E-state index >= 15 is 0 Å². The number of fused-ring (bicyclic) bond motifs is 1. The Kier molecular flexibility index (Phi) is 7.04. The summed E-state index contributed by atoms with van der Waals surface area (Å²) in [6.07, 6.45) is 1.71. The van der Waals surface area contributed by atoms with E-state index in [0.29, 0.717) is 28.7 Å². The molecule has 0 fully saturated rings. The zero-order valence-corrected chi connectivity index (χ0v) is 20.5.